The van der Waals surface area contributed by atoms with Gasteiger partial charge in [0.1, 0.15) is 12.0 Å². The first-order chi connectivity index (χ1) is 11.6. The fourth-order valence-electron chi connectivity index (χ4n) is 2.70. The van der Waals surface area contributed by atoms with Crippen LogP contribution in [0, 0.1) is 13.8 Å². The lowest BCUT2D eigenvalue weighted by Crippen LogP contribution is -2.46. The highest BCUT2D eigenvalue weighted by Gasteiger charge is 2.25. The molecule has 2 aromatic rings. The molecule has 1 saturated heterocycles. The number of hydrogen-bond acceptors (Lipinski definition) is 6. The maximum Gasteiger partial charge on any atom is 0.274 e. The van der Waals surface area contributed by atoms with E-state index in [-0.39, 0.29) is 12.0 Å². The molecule has 1 amide bonds. The van der Waals surface area contributed by atoms with E-state index in [0.29, 0.717) is 25.4 Å². The molecule has 0 bridgehead atoms. The van der Waals surface area contributed by atoms with Crippen LogP contribution in [0.5, 0.6) is 0 Å². The second kappa shape index (κ2) is 7.44. The lowest BCUT2D eigenvalue weighted by atomic mass is 10.1. The molecule has 0 aromatic carbocycles. The van der Waals surface area contributed by atoms with Gasteiger partial charge < -0.3 is 9.64 Å². The predicted molar refractivity (Wildman–Crippen MR) is 87.5 cm³/mol. The molecule has 1 aliphatic heterocycles. The average molecular weight is 327 g/mol. The third kappa shape index (κ3) is 4.11. The Bertz CT molecular complexity index is 704. The second-order valence-electron chi connectivity index (χ2n) is 5.98. The third-order valence-electron chi connectivity index (χ3n) is 4.01. The number of nitrogens with zero attached hydrogens (tertiary/aromatic N) is 5. The van der Waals surface area contributed by atoms with Gasteiger partial charge in [0.2, 0.25) is 0 Å². The number of aromatic nitrogens is 4. The van der Waals surface area contributed by atoms with Crippen LogP contribution in [0.2, 0.25) is 0 Å². The molecule has 3 heterocycles. The molecule has 1 fully saturated rings. The van der Waals surface area contributed by atoms with Gasteiger partial charge in [-0.2, -0.15) is 0 Å². The standard InChI is InChI=1S/C17H21N5O2/c1-12-7-14(21-11-20-12)3-4-15-10-22(5-6-24-15)17(23)16-9-18-13(2)8-19-16/h7-9,11,15H,3-6,10H2,1-2H3/t15-/m0/s1. The number of carbonyl (C=O) groups is 1. The van der Waals surface area contributed by atoms with E-state index in [1.54, 1.807) is 17.4 Å². The van der Waals surface area contributed by atoms with Crippen LogP contribution in [-0.4, -0.2) is 56.5 Å². The lowest BCUT2D eigenvalue weighted by molar-refractivity contribution is -0.0248. The molecule has 1 aliphatic rings. The van der Waals surface area contributed by atoms with Crippen LogP contribution in [0.1, 0.15) is 34.0 Å². The maximum absolute atomic E-state index is 12.5. The summed E-state index contributed by atoms with van der Waals surface area (Å²) in [5, 5.41) is 0. The van der Waals surface area contributed by atoms with E-state index in [1.807, 2.05) is 19.9 Å². The van der Waals surface area contributed by atoms with Gasteiger partial charge in [0.05, 0.1) is 24.6 Å². The highest BCUT2D eigenvalue weighted by Crippen LogP contribution is 2.14. The fourth-order valence-corrected chi connectivity index (χ4v) is 2.70. The Labute approximate surface area is 141 Å². The van der Waals surface area contributed by atoms with E-state index >= 15 is 0 Å². The van der Waals surface area contributed by atoms with Gasteiger partial charge in [-0.05, 0) is 32.8 Å². The van der Waals surface area contributed by atoms with Crippen LogP contribution < -0.4 is 0 Å². The minimum Gasteiger partial charge on any atom is -0.375 e. The van der Waals surface area contributed by atoms with E-state index < -0.39 is 0 Å². The summed E-state index contributed by atoms with van der Waals surface area (Å²) < 4.78 is 5.79. The van der Waals surface area contributed by atoms with Crippen molar-refractivity contribution in [3.8, 4) is 0 Å². The van der Waals surface area contributed by atoms with Gasteiger partial charge in [0.25, 0.3) is 5.91 Å². The summed E-state index contributed by atoms with van der Waals surface area (Å²) in [4.78, 5) is 31.0. The summed E-state index contributed by atoms with van der Waals surface area (Å²) in [6, 6.07) is 1.98. The summed E-state index contributed by atoms with van der Waals surface area (Å²) in [7, 11) is 0. The summed E-state index contributed by atoms with van der Waals surface area (Å²) in [5.41, 5.74) is 3.14. The molecule has 7 heteroatoms. The number of amides is 1. The number of aryl methyl sites for hydroxylation is 3. The Morgan fingerprint density at radius 2 is 2.08 bits per heavy atom. The fraction of sp³-hybridized carbons (Fsp3) is 0.471. The van der Waals surface area contributed by atoms with E-state index in [4.69, 9.17) is 4.74 Å². The molecule has 0 radical (unpaired) electrons. The highest BCUT2D eigenvalue weighted by molar-refractivity contribution is 5.92. The number of ether oxygens (including phenoxy) is 1. The van der Waals surface area contributed by atoms with Crippen molar-refractivity contribution in [2.45, 2.75) is 32.8 Å². The van der Waals surface area contributed by atoms with Gasteiger partial charge in [-0.15, -0.1) is 0 Å². The quantitative estimate of drug-likeness (QED) is 0.843. The van der Waals surface area contributed by atoms with E-state index in [0.717, 1.165) is 29.9 Å². The van der Waals surface area contributed by atoms with Crippen LogP contribution in [0.15, 0.2) is 24.8 Å². The SMILES string of the molecule is Cc1cnc(C(=O)N2CCO[C@@H](CCc3cc(C)ncn3)C2)cn1. The molecule has 2 aromatic heterocycles. The third-order valence-corrected chi connectivity index (χ3v) is 4.01. The molecule has 1 atom stereocenters. The van der Waals surface area contributed by atoms with Crippen molar-refractivity contribution in [1.29, 1.82) is 0 Å². The maximum atomic E-state index is 12.5. The molecular formula is C17H21N5O2. The van der Waals surface area contributed by atoms with E-state index in [2.05, 4.69) is 19.9 Å². The Morgan fingerprint density at radius 1 is 1.21 bits per heavy atom. The van der Waals surface area contributed by atoms with E-state index in [9.17, 15) is 4.79 Å². The first-order valence-electron chi connectivity index (χ1n) is 8.09. The molecule has 7 nitrogen and oxygen atoms in total. The molecule has 3 rings (SSSR count). The van der Waals surface area contributed by atoms with E-state index in [1.165, 1.54) is 6.20 Å². The van der Waals surface area contributed by atoms with Crippen molar-refractivity contribution >= 4 is 5.91 Å². The summed E-state index contributed by atoms with van der Waals surface area (Å²) >= 11 is 0. The molecule has 126 valence electrons. The van der Waals surface area contributed by atoms with Crippen molar-refractivity contribution in [3.05, 3.63) is 47.6 Å². The van der Waals surface area contributed by atoms with Crippen LogP contribution in [0.4, 0.5) is 0 Å². The first-order valence-corrected chi connectivity index (χ1v) is 8.09. The summed E-state index contributed by atoms with van der Waals surface area (Å²) in [5.74, 6) is -0.0892. The van der Waals surface area contributed by atoms with Gasteiger partial charge in [0, 0.05) is 30.7 Å². The number of morpholine rings is 1. The average Bonchev–Trinajstić information content (AvgIpc) is 2.60. The second-order valence-corrected chi connectivity index (χ2v) is 5.98. The van der Waals surface area contributed by atoms with Crippen molar-refractivity contribution in [1.82, 2.24) is 24.8 Å². The lowest BCUT2D eigenvalue weighted by Gasteiger charge is -2.32. The largest absolute Gasteiger partial charge is 0.375 e. The highest BCUT2D eigenvalue weighted by atomic mass is 16.5. The van der Waals surface area contributed by atoms with Crippen LogP contribution in [0.25, 0.3) is 0 Å². The molecule has 0 aliphatic carbocycles. The Balaban J connectivity index is 1.57. The molecule has 0 spiro atoms. The zero-order valence-electron chi connectivity index (χ0n) is 14.0. The van der Waals surface area contributed by atoms with Crippen molar-refractivity contribution < 1.29 is 9.53 Å². The molecular weight excluding hydrogens is 306 g/mol. The van der Waals surface area contributed by atoms with Crippen molar-refractivity contribution in [2.24, 2.45) is 0 Å². The topological polar surface area (TPSA) is 81.1 Å². The Kier molecular flexibility index (Phi) is 5.10. The minimum absolute atomic E-state index is 0.0105. The Hall–Kier alpha value is -2.41. The van der Waals surface area contributed by atoms with Crippen molar-refractivity contribution in [2.75, 3.05) is 19.7 Å². The van der Waals surface area contributed by atoms with Gasteiger partial charge in [-0.25, -0.2) is 15.0 Å². The minimum atomic E-state index is -0.0892. The normalized spacial score (nSPS) is 17.8. The Morgan fingerprint density at radius 3 is 2.83 bits per heavy atom. The summed E-state index contributed by atoms with van der Waals surface area (Å²) in [6.07, 6.45) is 6.36. The molecule has 24 heavy (non-hydrogen) atoms. The molecule has 0 N–H and O–H groups in total. The molecule has 0 saturated carbocycles. The smallest absolute Gasteiger partial charge is 0.274 e. The number of hydrogen-bond donors (Lipinski definition) is 0. The van der Waals surface area contributed by atoms with Crippen LogP contribution >= 0.6 is 0 Å². The first kappa shape index (κ1) is 16.4. The summed E-state index contributed by atoms with van der Waals surface area (Å²) in [6.45, 7) is 5.49. The van der Waals surface area contributed by atoms with Gasteiger partial charge in [-0.1, -0.05) is 0 Å². The number of rotatable bonds is 4. The van der Waals surface area contributed by atoms with Gasteiger partial charge >= 0.3 is 0 Å². The molecule has 0 unspecified atom stereocenters. The van der Waals surface area contributed by atoms with Crippen LogP contribution in [-0.2, 0) is 11.2 Å². The zero-order chi connectivity index (χ0) is 16.9. The van der Waals surface area contributed by atoms with Gasteiger partial charge in [-0.3, -0.25) is 9.78 Å². The van der Waals surface area contributed by atoms with Gasteiger partial charge in [0.15, 0.2) is 0 Å². The predicted octanol–water partition coefficient (Wildman–Crippen LogP) is 1.36. The van der Waals surface area contributed by atoms with Crippen molar-refractivity contribution in [3.63, 3.8) is 0 Å². The monoisotopic (exact) mass is 327 g/mol. The number of carbonyl (C=O) groups excluding carboxylic acids is 1. The zero-order valence-corrected chi connectivity index (χ0v) is 14.0. The van der Waals surface area contributed by atoms with Crippen LogP contribution in [0.3, 0.4) is 0 Å².